The van der Waals surface area contributed by atoms with Gasteiger partial charge in [-0.05, 0) is 73.9 Å². The van der Waals surface area contributed by atoms with E-state index in [0.717, 1.165) is 36.2 Å². The summed E-state index contributed by atoms with van der Waals surface area (Å²) in [6, 6.07) is 11.9. The number of aromatic nitrogens is 4. The number of nitrogens with zero attached hydrogens (tertiary/aromatic N) is 6. The summed E-state index contributed by atoms with van der Waals surface area (Å²) in [5.74, 6) is -0.384. The maximum atomic E-state index is 13.7. The first-order chi connectivity index (χ1) is 17.4. The summed E-state index contributed by atoms with van der Waals surface area (Å²) in [7, 11) is 0. The van der Waals surface area contributed by atoms with Crippen molar-refractivity contribution in [2.24, 2.45) is 5.92 Å². The number of carbonyl (C=O) groups excluding carboxylic acids is 2. The topological polar surface area (TPSA) is 84.2 Å². The number of benzene rings is 1. The molecule has 0 bridgehead atoms. The molecule has 2 fully saturated rings. The molecule has 4 heterocycles. The van der Waals surface area contributed by atoms with E-state index in [0.29, 0.717) is 25.4 Å². The number of pyridine rings is 1. The van der Waals surface area contributed by atoms with Crippen LogP contribution in [0, 0.1) is 5.92 Å². The molecule has 1 aromatic carbocycles. The minimum Gasteiger partial charge on any atom is -0.333 e. The van der Waals surface area contributed by atoms with E-state index in [-0.39, 0.29) is 23.9 Å². The summed E-state index contributed by atoms with van der Waals surface area (Å²) >= 11 is 0. The summed E-state index contributed by atoms with van der Waals surface area (Å²) in [5.41, 5.74) is 3.98. The molecule has 0 N–H and O–H groups in total. The molecule has 2 aromatic heterocycles. The van der Waals surface area contributed by atoms with Gasteiger partial charge in [0.15, 0.2) is 0 Å². The highest BCUT2D eigenvalue weighted by molar-refractivity contribution is 6.09. The molecule has 0 aliphatic carbocycles. The van der Waals surface area contributed by atoms with Gasteiger partial charge < -0.3 is 9.80 Å². The van der Waals surface area contributed by atoms with Gasteiger partial charge in [-0.15, -0.1) is 5.10 Å². The zero-order valence-electron chi connectivity index (χ0n) is 21.2. The van der Waals surface area contributed by atoms with Crippen molar-refractivity contribution in [1.82, 2.24) is 24.9 Å². The van der Waals surface area contributed by atoms with E-state index in [2.05, 4.69) is 48.2 Å². The van der Waals surface area contributed by atoms with Crippen molar-refractivity contribution in [3.63, 3.8) is 0 Å². The molecule has 2 aliphatic rings. The van der Waals surface area contributed by atoms with E-state index >= 15 is 0 Å². The lowest BCUT2D eigenvalue weighted by molar-refractivity contribution is -0.143. The van der Waals surface area contributed by atoms with Crippen molar-refractivity contribution in [1.29, 1.82) is 0 Å². The number of amides is 2. The van der Waals surface area contributed by atoms with Gasteiger partial charge in [0.2, 0.25) is 11.8 Å². The predicted octanol–water partition coefficient (Wildman–Crippen LogP) is 4.51. The summed E-state index contributed by atoms with van der Waals surface area (Å²) in [6.45, 7) is 7.57. The third-order valence-corrected chi connectivity index (χ3v) is 7.62. The molecule has 0 saturated carbocycles. The molecule has 3 atom stereocenters. The van der Waals surface area contributed by atoms with E-state index < -0.39 is 5.92 Å². The first-order valence-electron chi connectivity index (χ1n) is 13.0. The Kier molecular flexibility index (Phi) is 6.85. The second-order valence-electron chi connectivity index (χ2n) is 10.2. The van der Waals surface area contributed by atoms with Gasteiger partial charge in [-0.25, -0.2) is 4.68 Å². The van der Waals surface area contributed by atoms with Gasteiger partial charge in [0.05, 0.1) is 18.3 Å². The molecule has 5 rings (SSSR count). The second kappa shape index (κ2) is 10.2. The number of hydrogen-bond donors (Lipinski definition) is 0. The highest BCUT2D eigenvalue weighted by Crippen LogP contribution is 2.34. The van der Waals surface area contributed by atoms with E-state index in [9.17, 15) is 9.59 Å². The van der Waals surface area contributed by atoms with Crippen molar-refractivity contribution in [3.05, 3.63) is 71.8 Å². The van der Waals surface area contributed by atoms with Crippen molar-refractivity contribution in [2.75, 3.05) is 18.0 Å². The summed E-state index contributed by atoms with van der Waals surface area (Å²) < 4.78 is 1.84. The number of carbonyl (C=O) groups is 2. The molecule has 3 aromatic rings. The van der Waals surface area contributed by atoms with E-state index in [1.165, 1.54) is 5.56 Å². The number of likely N-dealkylation sites (tertiary alicyclic amines) is 1. The summed E-state index contributed by atoms with van der Waals surface area (Å²) in [4.78, 5) is 34.8. The van der Waals surface area contributed by atoms with Gasteiger partial charge in [0, 0.05) is 31.2 Å². The quantitative estimate of drug-likeness (QED) is 0.479. The number of piperidine rings is 1. The normalized spacial score (nSPS) is 21.3. The maximum Gasteiger partial charge on any atom is 0.239 e. The minimum atomic E-state index is -0.638. The average molecular weight is 487 g/mol. The van der Waals surface area contributed by atoms with E-state index in [4.69, 9.17) is 0 Å². The van der Waals surface area contributed by atoms with Crippen molar-refractivity contribution < 1.29 is 9.59 Å². The van der Waals surface area contributed by atoms with Crippen LogP contribution in [0.4, 0.5) is 5.69 Å². The highest BCUT2D eigenvalue weighted by atomic mass is 16.2. The van der Waals surface area contributed by atoms with Crippen molar-refractivity contribution in [3.8, 4) is 0 Å². The SMILES string of the molecule is CC(C)c1ccc(N2CCC(C(=O)N3CCCCC3c3cn([C@H](C)c4ccncc4)nn3)C2=O)cc1. The molecule has 8 heteroatoms. The zero-order valence-corrected chi connectivity index (χ0v) is 21.2. The third-order valence-electron chi connectivity index (χ3n) is 7.62. The number of anilines is 1. The summed E-state index contributed by atoms with van der Waals surface area (Å²) in [6.07, 6.45) is 8.81. The van der Waals surface area contributed by atoms with Gasteiger partial charge in [0.1, 0.15) is 11.6 Å². The van der Waals surface area contributed by atoms with Crippen LogP contribution in [-0.2, 0) is 9.59 Å². The lowest BCUT2D eigenvalue weighted by Gasteiger charge is -2.35. The van der Waals surface area contributed by atoms with Crippen LogP contribution in [0.3, 0.4) is 0 Å². The summed E-state index contributed by atoms with van der Waals surface area (Å²) in [5, 5.41) is 8.84. The largest absolute Gasteiger partial charge is 0.333 e. The van der Waals surface area contributed by atoms with E-state index in [1.807, 2.05) is 40.0 Å². The molecule has 2 saturated heterocycles. The Morgan fingerprint density at radius 3 is 2.42 bits per heavy atom. The van der Waals surface area contributed by atoms with Crippen LogP contribution in [0.2, 0.25) is 0 Å². The molecule has 0 spiro atoms. The van der Waals surface area contributed by atoms with Crippen LogP contribution >= 0.6 is 0 Å². The molecule has 2 amide bonds. The molecule has 8 nitrogen and oxygen atoms in total. The van der Waals surface area contributed by atoms with Gasteiger partial charge >= 0.3 is 0 Å². The Hall–Kier alpha value is -3.55. The Morgan fingerprint density at radius 1 is 0.944 bits per heavy atom. The fourth-order valence-corrected chi connectivity index (χ4v) is 5.33. The Labute approximate surface area is 212 Å². The van der Waals surface area contributed by atoms with Crippen LogP contribution in [-0.4, -0.2) is 49.8 Å². The number of rotatable bonds is 6. The van der Waals surface area contributed by atoms with Crippen LogP contribution in [0.15, 0.2) is 55.0 Å². The molecular weight excluding hydrogens is 452 g/mol. The van der Waals surface area contributed by atoms with Crippen LogP contribution < -0.4 is 4.90 Å². The van der Waals surface area contributed by atoms with Gasteiger partial charge in [0.25, 0.3) is 0 Å². The van der Waals surface area contributed by atoms with Gasteiger partial charge in [-0.2, -0.15) is 0 Å². The first-order valence-corrected chi connectivity index (χ1v) is 13.0. The smallest absolute Gasteiger partial charge is 0.239 e. The third kappa shape index (κ3) is 4.64. The minimum absolute atomic E-state index is 0.00837. The fraction of sp³-hybridized carbons (Fsp3) is 0.464. The molecule has 36 heavy (non-hydrogen) atoms. The van der Waals surface area contributed by atoms with Crippen LogP contribution in [0.25, 0.3) is 0 Å². The van der Waals surface area contributed by atoms with Gasteiger partial charge in [-0.3, -0.25) is 14.6 Å². The molecule has 0 radical (unpaired) electrons. The van der Waals surface area contributed by atoms with Crippen LogP contribution in [0.1, 0.15) is 81.3 Å². The lowest BCUT2D eigenvalue weighted by atomic mass is 9.96. The van der Waals surface area contributed by atoms with Crippen molar-refractivity contribution in [2.45, 2.75) is 64.5 Å². The lowest BCUT2D eigenvalue weighted by Crippen LogP contribution is -2.44. The van der Waals surface area contributed by atoms with Crippen LogP contribution in [0.5, 0.6) is 0 Å². The zero-order chi connectivity index (χ0) is 25.2. The fourth-order valence-electron chi connectivity index (χ4n) is 5.33. The molecule has 2 unspecified atom stereocenters. The van der Waals surface area contributed by atoms with E-state index in [1.54, 1.807) is 17.3 Å². The second-order valence-corrected chi connectivity index (χ2v) is 10.2. The Balaban J connectivity index is 1.31. The van der Waals surface area contributed by atoms with Gasteiger partial charge in [-0.1, -0.05) is 31.2 Å². The highest BCUT2D eigenvalue weighted by Gasteiger charge is 2.42. The monoisotopic (exact) mass is 486 g/mol. The molecular formula is C28H34N6O2. The predicted molar refractivity (Wildman–Crippen MR) is 137 cm³/mol. The number of hydrogen-bond acceptors (Lipinski definition) is 5. The van der Waals surface area contributed by atoms with Crippen molar-refractivity contribution >= 4 is 17.5 Å². The standard InChI is InChI=1S/C28H34N6O2/c1-19(2)21-7-9-23(10-8-21)32-17-13-24(27(32)35)28(36)33-16-5-4-6-26(33)25-18-34(31-30-25)20(3)22-11-14-29-15-12-22/h7-12,14-15,18-20,24,26H,4-6,13,16-17H2,1-3H3/t20-,24?,26?/m1/s1. The molecule has 188 valence electrons. The molecule has 2 aliphatic heterocycles. The average Bonchev–Trinajstić information content (AvgIpc) is 3.56. The Bertz CT molecular complexity index is 1210. The Morgan fingerprint density at radius 2 is 1.69 bits per heavy atom. The maximum absolute atomic E-state index is 13.7. The first kappa shape index (κ1) is 24.2.